The Balaban J connectivity index is 2.12. The van der Waals surface area contributed by atoms with Gasteiger partial charge in [-0.15, -0.1) is 0 Å². The van der Waals surface area contributed by atoms with Crippen LogP contribution >= 0.6 is 0 Å². The van der Waals surface area contributed by atoms with Crippen LogP contribution in [0.5, 0.6) is 0 Å². The Kier molecular flexibility index (Phi) is 2.77. The number of carbonyl (C=O) groups is 1. The highest BCUT2D eigenvalue weighted by Crippen LogP contribution is 2.18. The molecule has 2 heterocycles. The number of amides is 1. The van der Waals surface area contributed by atoms with Crippen molar-refractivity contribution in [2.24, 2.45) is 5.92 Å². The largest absolute Gasteiger partial charge is 0.384 e. The number of hydrogen-bond donors (Lipinski definition) is 1. The number of aryl methyl sites for hydroxylation is 1. The van der Waals surface area contributed by atoms with Gasteiger partial charge in [-0.2, -0.15) is 0 Å². The lowest BCUT2D eigenvalue weighted by molar-refractivity contribution is -0.128. The van der Waals surface area contributed by atoms with Gasteiger partial charge in [0.2, 0.25) is 5.91 Å². The SMILES string of the molecule is Cc1cc(N)nc(CN2CC(C)CC2=O)n1. The fourth-order valence-electron chi connectivity index (χ4n) is 2.02. The second-order valence-electron chi connectivity index (χ2n) is 4.43. The van der Waals surface area contributed by atoms with Crippen LogP contribution in [0.1, 0.15) is 24.9 Å². The summed E-state index contributed by atoms with van der Waals surface area (Å²) >= 11 is 0. The zero-order valence-corrected chi connectivity index (χ0v) is 9.60. The van der Waals surface area contributed by atoms with Crippen LogP contribution in [-0.2, 0) is 11.3 Å². The maximum Gasteiger partial charge on any atom is 0.223 e. The molecule has 0 radical (unpaired) electrons. The van der Waals surface area contributed by atoms with Gasteiger partial charge in [0.15, 0.2) is 0 Å². The lowest BCUT2D eigenvalue weighted by Crippen LogP contribution is -2.25. The lowest BCUT2D eigenvalue weighted by Gasteiger charge is -2.15. The summed E-state index contributed by atoms with van der Waals surface area (Å²) in [6.07, 6.45) is 0.626. The van der Waals surface area contributed by atoms with Gasteiger partial charge in [-0.25, -0.2) is 9.97 Å². The van der Waals surface area contributed by atoms with E-state index in [0.29, 0.717) is 30.5 Å². The maximum absolute atomic E-state index is 11.6. The molecular formula is C11H16N4O. The second kappa shape index (κ2) is 4.08. The van der Waals surface area contributed by atoms with Gasteiger partial charge in [-0.1, -0.05) is 6.92 Å². The zero-order chi connectivity index (χ0) is 11.7. The van der Waals surface area contributed by atoms with E-state index in [0.717, 1.165) is 12.2 Å². The van der Waals surface area contributed by atoms with Crippen molar-refractivity contribution in [2.75, 3.05) is 12.3 Å². The summed E-state index contributed by atoms with van der Waals surface area (Å²) < 4.78 is 0. The second-order valence-corrected chi connectivity index (χ2v) is 4.43. The predicted octanol–water partition coefficient (Wildman–Crippen LogP) is 0.736. The van der Waals surface area contributed by atoms with Crippen molar-refractivity contribution in [2.45, 2.75) is 26.8 Å². The molecule has 1 saturated heterocycles. The van der Waals surface area contributed by atoms with Crippen LogP contribution in [0.25, 0.3) is 0 Å². The molecule has 0 aromatic carbocycles. The molecule has 1 fully saturated rings. The quantitative estimate of drug-likeness (QED) is 0.797. The molecule has 86 valence electrons. The number of nitrogen functional groups attached to an aromatic ring is 1. The average molecular weight is 220 g/mol. The Hall–Kier alpha value is -1.65. The van der Waals surface area contributed by atoms with Gasteiger partial charge in [0.05, 0.1) is 6.54 Å². The van der Waals surface area contributed by atoms with Crippen molar-refractivity contribution in [3.63, 3.8) is 0 Å². The minimum atomic E-state index is 0.177. The van der Waals surface area contributed by atoms with Crippen LogP contribution in [0.4, 0.5) is 5.82 Å². The molecule has 5 heteroatoms. The van der Waals surface area contributed by atoms with Crippen molar-refractivity contribution < 1.29 is 4.79 Å². The minimum absolute atomic E-state index is 0.177. The molecule has 16 heavy (non-hydrogen) atoms. The highest BCUT2D eigenvalue weighted by atomic mass is 16.2. The molecule has 0 bridgehead atoms. The van der Waals surface area contributed by atoms with E-state index in [4.69, 9.17) is 5.73 Å². The summed E-state index contributed by atoms with van der Waals surface area (Å²) in [5, 5.41) is 0. The number of rotatable bonds is 2. The average Bonchev–Trinajstić information content (AvgIpc) is 2.43. The summed E-state index contributed by atoms with van der Waals surface area (Å²) in [6.45, 7) is 5.20. The van der Waals surface area contributed by atoms with Crippen molar-refractivity contribution in [1.82, 2.24) is 14.9 Å². The van der Waals surface area contributed by atoms with Crippen LogP contribution in [0.3, 0.4) is 0 Å². The Morgan fingerprint density at radius 3 is 2.88 bits per heavy atom. The lowest BCUT2D eigenvalue weighted by atomic mass is 10.2. The van der Waals surface area contributed by atoms with E-state index in [1.807, 2.05) is 6.92 Å². The van der Waals surface area contributed by atoms with Crippen molar-refractivity contribution in [1.29, 1.82) is 0 Å². The van der Waals surface area contributed by atoms with Crippen LogP contribution < -0.4 is 5.73 Å². The zero-order valence-electron chi connectivity index (χ0n) is 9.60. The predicted molar refractivity (Wildman–Crippen MR) is 60.4 cm³/mol. The third-order valence-corrected chi connectivity index (χ3v) is 2.66. The minimum Gasteiger partial charge on any atom is -0.384 e. The smallest absolute Gasteiger partial charge is 0.223 e. The van der Waals surface area contributed by atoms with Gasteiger partial charge in [-0.05, 0) is 12.8 Å². The highest BCUT2D eigenvalue weighted by Gasteiger charge is 2.26. The first kappa shape index (κ1) is 10.9. The number of carbonyl (C=O) groups excluding carboxylic acids is 1. The number of hydrogen-bond acceptors (Lipinski definition) is 4. The van der Waals surface area contributed by atoms with Gasteiger partial charge in [-0.3, -0.25) is 4.79 Å². The van der Waals surface area contributed by atoms with Crippen molar-refractivity contribution >= 4 is 11.7 Å². The highest BCUT2D eigenvalue weighted by molar-refractivity contribution is 5.78. The fraction of sp³-hybridized carbons (Fsp3) is 0.545. The molecule has 1 aromatic rings. The van der Waals surface area contributed by atoms with Crippen LogP contribution in [-0.4, -0.2) is 27.3 Å². The van der Waals surface area contributed by atoms with Crippen molar-refractivity contribution in [3.8, 4) is 0 Å². The molecule has 5 nitrogen and oxygen atoms in total. The third-order valence-electron chi connectivity index (χ3n) is 2.66. The Bertz CT molecular complexity index is 398. The molecule has 0 spiro atoms. The Labute approximate surface area is 94.7 Å². The molecule has 1 atom stereocenters. The molecule has 2 rings (SSSR count). The summed E-state index contributed by atoms with van der Waals surface area (Å²) in [5.74, 6) is 1.69. The Morgan fingerprint density at radius 1 is 1.56 bits per heavy atom. The molecule has 2 N–H and O–H groups in total. The number of anilines is 1. The van der Waals surface area contributed by atoms with E-state index in [9.17, 15) is 4.79 Å². The van der Waals surface area contributed by atoms with Crippen LogP contribution in [0.15, 0.2) is 6.07 Å². The van der Waals surface area contributed by atoms with E-state index < -0.39 is 0 Å². The summed E-state index contributed by atoms with van der Waals surface area (Å²) in [5.41, 5.74) is 6.48. The number of aromatic nitrogens is 2. The van der Waals surface area contributed by atoms with Crippen molar-refractivity contribution in [3.05, 3.63) is 17.6 Å². The molecule has 0 saturated carbocycles. The van der Waals surface area contributed by atoms with Gasteiger partial charge in [0.25, 0.3) is 0 Å². The number of likely N-dealkylation sites (tertiary alicyclic amines) is 1. The molecule has 1 unspecified atom stereocenters. The topological polar surface area (TPSA) is 72.1 Å². The van der Waals surface area contributed by atoms with E-state index in [-0.39, 0.29) is 5.91 Å². The number of nitrogens with two attached hydrogens (primary N) is 1. The normalized spacial score (nSPS) is 20.5. The van der Waals surface area contributed by atoms with E-state index >= 15 is 0 Å². The van der Waals surface area contributed by atoms with E-state index in [2.05, 4.69) is 16.9 Å². The Morgan fingerprint density at radius 2 is 2.31 bits per heavy atom. The standard InChI is InChI=1S/C11H16N4O/c1-7-3-11(16)15(5-7)6-10-13-8(2)4-9(12)14-10/h4,7H,3,5-6H2,1-2H3,(H2,12,13,14). The summed E-state index contributed by atoms with van der Waals surface area (Å²) in [6, 6.07) is 1.72. The first-order valence-corrected chi connectivity index (χ1v) is 5.42. The van der Waals surface area contributed by atoms with Gasteiger partial charge >= 0.3 is 0 Å². The molecule has 0 aliphatic carbocycles. The van der Waals surface area contributed by atoms with Gasteiger partial charge in [0, 0.05) is 24.7 Å². The molecular weight excluding hydrogens is 204 g/mol. The monoisotopic (exact) mass is 220 g/mol. The molecule has 1 amide bonds. The van der Waals surface area contributed by atoms with Gasteiger partial charge < -0.3 is 10.6 Å². The first-order valence-electron chi connectivity index (χ1n) is 5.42. The van der Waals surface area contributed by atoms with E-state index in [1.54, 1.807) is 11.0 Å². The van der Waals surface area contributed by atoms with E-state index in [1.165, 1.54) is 0 Å². The first-order chi connectivity index (χ1) is 7.54. The fourth-order valence-corrected chi connectivity index (χ4v) is 2.02. The third kappa shape index (κ3) is 2.29. The van der Waals surface area contributed by atoms with Crippen LogP contribution in [0.2, 0.25) is 0 Å². The number of nitrogens with zero attached hydrogens (tertiary/aromatic N) is 3. The summed E-state index contributed by atoms with van der Waals surface area (Å²) in [4.78, 5) is 21.8. The van der Waals surface area contributed by atoms with Crippen LogP contribution in [0, 0.1) is 12.8 Å². The summed E-state index contributed by atoms with van der Waals surface area (Å²) in [7, 11) is 0. The molecule has 1 aliphatic rings. The molecule has 1 aromatic heterocycles. The van der Waals surface area contributed by atoms with Gasteiger partial charge in [0.1, 0.15) is 11.6 Å². The maximum atomic E-state index is 11.6. The molecule has 1 aliphatic heterocycles.